The molecule has 7 heteroatoms. The van der Waals surface area contributed by atoms with Gasteiger partial charge in [0.2, 0.25) is 0 Å². The van der Waals surface area contributed by atoms with Gasteiger partial charge in [0.1, 0.15) is 12.3 Å². The van der Waals surface area contributed by atoms with Gasteiger partial charge < -0.3 is 10.1 Å². The number of alkyl carbamates (subject to hydrolysis) is 1. The summed E-state index contributed by atoms with van der Waals surface area (Å²) in [5, 5.41) is 10.1. The topological polar surface area (TPSA) is 86.1 Å². The summed E-state index contributed by atoms with van der Waals surface area (Å²) in [7, 11) is 0. The van der Waals surface area contributed by atoms with Gasteiger partial charge in [0.05, 0.1) is 12.7 Å². The van der Waals surface area contributed by atoms with Crippen molar-refractivity contribution in [2.45, 2.75) is 26.1 Å². The van der Waals surface area contributed by atoms with E-state index in [4.69, 9.17) is 4.74 Å². The molecule has 0 saturated carbocycles. The Hall–Kier alpha value is -2.70. The molecular formula is C14H16N4O3. The zero-order chi connectivity index (χ0) is 15.1. The third-order valence-corrected chi connectivity index (χ3v) is 2.72. The van der Waals surface area contributed by atoms with Gasteiger partial charge in [-0.05, 0) is 12.5 Å². The molecule has 2 aromatic rings. The average Bonchev–Trinajstić information content (AvgIpc) is 2.93. The van der Waals surface area contributed by atoms with Crippen LogP contribution in [0.25, 0.3) is 0 Å². The first-order chi connectivity index (χ1) is 10.2. The van der Waals surface area contributed by atoms with Gasteiger partial charge in [-0.2, -0.15) is 0 Å². The van der Waals surface area contributed by atoms with E-state index in [2.05, 4.69) is 15.6 Å². The summed E-state index contributed by atoms with van der Waals surface area (Å²) in [5.41, 5.74) is 1.18. The Morgan fingerprint density at radius 3 is 2.86 bits per heavy atom. The van der Waals surface area contributed by atoms with E-state index in [1.54, 1.807) is 0 Å². The molecule has 1 N–H and O–H groups in total. The zero-order valence-corrected chi connectivity index (χ0v) is 11.6. The predicted octanol–water partition coefficient (Wildman–Crippen LogP) is 1.41. The second-order valence-electron chi connectivity index (χ2n) is 4.59. The van der Waals surface area contributed by atoms with E-state index in [0.717, 1.165) is 5.56 Å². The first-order valence-electron chi connectivity index (χ1n) is 6.50. The molecule has 0 bridgehead atoms. The first-order valence-corrected chi connectivity index (χ1v) is 6.50. The number of carbonyl (C=O) groups is 2. The van der Waals surface area contributed by atoms with Crippen LogP contribution in [0.3, 0.4) is 0 Å². The van der Waals surface area contributed by atoms with Gasteiger partial charge in [-0.15, -0.1) is 5.10 Å². The fraction of sp³-hybridized carbons (Fsp3) is 0.286. The van der Waals surface area contributed by atoms with Gasteiger partial charge >= 0.3 is 6.09 Å². The Morgan fingerprint density at radius 2 is 2.19 bits per heavy atom. The minimum Gasteiger partial charge on any atom is -0.445 e. The highest BCUT2D eigenvalue weighted by atomic mass is 16.5. The molecule has 1 atom stereocenters. The molecule has 1 aromatic heterocycles. The SMILES string of the molecule is C[C@@H](Cn1cc(C=O)nn1)NC(=O)OCc1ccccc1. The van der Waals surface area contributed by atoms with Crippen LogP contribution in [0.5, 0.6) is 0 Å². The third kappa shape index (κ3) is 4.72. The maximum absolute atomic E-state index is 11.6. The fourth-order valence-electron chi connectivity index (χ4n) is 1.75. The molecular weight excluding hydrogens is 272 g/mol. The lowest BCUT2D eigenvalue weighted by Gasteiger charge is -2.13. The summed E-state index contributed by atoms with van der Waals surface area (Å²) in [6, 6.07) is 9.23. The van der Waals surface area contributed by atoms with Crippen molar-refractivity contribution in [2.75, 3.05) is 0 Å². The fourth-order valence-corrected chi connectivity index (χ4v) is 1.75. The van der Waals surface area contributed by atoms with Gasteiger partial charge in [0.15, 0.2) is 6.29 Å². The van der Waals surface area contributed by atoms with Crippen LogP contribution in [-0.4, -0.2) is 33.4 Å². The number of ether oxygens (including phenoxy) is 1. The molecule has 0 unspecified atom stereocenters. The Kier molecular flexibility index (Phi) is 5.03. The maximum atomic E-state index is 11.6. The number of aldehydes is 1. The quantitative estimate of drug-likeness (QED) is 0.812. The van der Waals surface area contributed by atoms with E-state index in [1.807, 2.05) is 37.3 Å². The van der Waals surface area contributed by atoms with Crippen molar-refractivity contribution < 1.29 is 14.3 Å². The summed E-state index contributed by atoms with van der Waals surface area (Å²) in [5.74, 6) is 0. The predicted molar refractivity (Wildman–Crippen MR) is 74.6 cm³/mol. The average molecular weight is 288 g/mol. The minimum atomic E-state index is -0.498. The molecule has 7 nitrogen and oxygen atoms in total. The third-order valence-electron chi connectivity index (χ3n) is 2.72. The van der Waals surface area contributed by atoms with Crippen molar-refractivity contribution in [3.8, 4) is 0 Å². The first kappa shape index (κ1) is 14.7. The molecule has 1 heterocycles. The van der Waals surface area contributed by atoms with E-state index >= 15 is 0 Å². The molecule has 0 aliphatic rings. The smallest absolute Gasteiger partial charge is 0.407 e. The van der Waals surface area contributed by atoms with Crippen LogP contribution >= 0.6 is 0 Å². The second kappa shape index (κ2) is 7.18. The number of hydrogen-bond acceptors (Lipinski definition) is 5. The van der Waals surface area contributed by atoms with Crippen molar-refractivity contribution in [1.82, 2.24) is 20.3 Å². The Morgan fingerprint density at radius 1 is 1.43 bits per heavy atom. The van der Waals surface area contributed by atoms with Crippen LogP contribution < -0.4 is 5.32 Å². The van der Waals surface area contributed by atoms with Gasteiger partial charge in [-0.25, -0.2) is 9.48 Å². The lowest BCUT2D eigenvalue weighted by molar-refractivity contribution is 0.111. The van der Waals surface area contributed by atoms with Crippen LogP contribution in [0.4, 0.5) is 4.79 Å². The molecule has 1 amide bonds. The van der Waals surface area contributed by atoms with Crippen LogP contribution in [-0.2, 0) is 17.9 Å². The van der Waals surface area contributed by atoms with Gasteiger partial charge in [-0.1, -0.05) is 35.5 Å². The molecule has 0 saturated heterocycles. The van der Waals surface area contributed by atoms with E-state index in [1.165, 1.54) is 10.9 Å². The lowest BCUT2D eigenvalue weighted by Crippen LogP contribution is -2.36. The molecule has 0 radical (unpaired) electrons. The second-order valence-corrected chi connectivity index (χ2v) is 4.59. The van der Waals surface area contributed by atoms with Crippen LogP contribution in [0.15, 0.2) is 36.5 Å². The number of rotatable bonds is 6. The van der Waals surface area contributed by atoms with E-state index in [9.17, 15) is 9.59 Å². The van der Waals surface area contributed by atoms with E-state index < -0.39 is 6.09 Å². The number of carbonyl (C=O) groups excluding carboxylic acids is 2. The van der Waals surface area contributed by atoms with E-state index in [0.29, 0.717) is 12.8 Å². The monoisotopic (exact) mass is 288 g/mol. The molecule has 110 valence electrons. The number of benzene rings is 1. The number of nitrogens with zero attached hydrogens (tertiary/aromatic N) is 3. The molecule has 1 aromatic carbocycles. The maximum Gasteiger partial charge on any atom is 0.407 e. The van der Waals surface area contributed by atoms with Crippen molar-refractivity contribution in [2.24, 2.45) is 0 Å². The summed E-state index contributed by atoms with van der Waals surface area (Å²) in [6.45, 7) is 2.44. The number of hydrogen-bond donors (Lipinski definition) is 1. The summed E-state index contributed by atoms with van der Waals surface area (Å²) in [6.07, 6.45) is 1.64. The summed E-state index contributed by atoms with van der Waals surface area (Å²) >= 11 is 0. The molecule has 0 aliphatic carbocycles. The molecule has 0 spiro atoms. The Balaban J connectivity index is 1.75. The Labute approximate surface area is 121 Å². The van der Waals surface area contributed by atoms with Crippen molar-refractivity contribution >= 4 is 12.4 Å². The van der Waals surface area contributed by atoms with Crippen molar-refractivity contribution in [1.29, 1.82) is 0 Å². The summed E-state index contributed by atoms with van der Waals surface area (Å²) in [4.78, 5) is 22.1. The highest BCUT2D eigenvalue weighted by Gasteiger charge is 2.10. The highest BCUT2D eigenvalue weighted by Crippen LogP contribution is 2.01. The Bertz CT molecular complexity index is 597. The van der Waals surface area contributed by atoms with Crippen LogP contribution in [0.2, 0.25) is 0 Å². The normalized spacial score (nSPS) is 11.7. The number of aromatic nitrogens is 3. The number of amides is 1. The van der Waals surface area contributed by atoms with Gasteiger partial charge in [0.25, 0.3) is 0 Å². The zero-order valence-electron chi connectivity index (χ0n) is 11.6. The van der Waals surface area contributed by atoms with Gasteiger partial charge in [0, 0.05) is 6.04 Å². The van der Waals surface area contributed by atoms with Gasteiger partial charge in [-0.3, -0.25) is 4.79 Å². The standard InChI is InChI=1S/C14H16N4O3/c1-11(7-18-8-13(9-19)16-17-18)15-14(20)21-10-12-5-3-2-4-6-12/h2-6,8-9,11H,7,10H2,1H3,(H,15,20)/t11-/m0/s1. The lowest BCUT2D eigenvalue weighted by atomic mass is 10.2. The van der Waals surface area contributed by atoms with Crippen LogP contribution in [0.1, 0.15) is 23.0 Å². The van der Waals surface area contributed by atoms with Crippen LogP contribution in [0, 0.1) is 0 Å². The highest BCUT2D eigenvalue weighted by molar-refractivity contribution is 5.70. The molecule has 0 aliphatic heterocycles. The van der Waals surface area contributed by atoms with Crippen molar-refractivity contribution in [3.05, 3.63) is 47.8 Å². The van der Waals surface area contributed by atoms with Crippen molar-refractivity contribution in [3.63, 3.8) is 0 Å². The number of nitrogens with one attached hydrogen (secondary N) is 1. The molecule has 21 heavy (non-hydrogen) atoms. The molecule has 0 fully saturated rings. The molecule has 2 rings (SSSR count). The minimum absolute atomic E-state index is 0.200. The summed E-state index contributed by atoms with van der Waals surface area (Å²) < 4.78 is 6.60. The largest absolute Gasteiger partial charge is 0.445 e. The van der Waals surface area contributed by atoms with E-state index in [-0.39, 0.29) is 18.3 Å².